The molecule has 12 rings (SSSR count). The van der Waals surface area contributed by atoms with Gasteiger partial charge in [0.1, 0.15) is 0 Å². The first kappa shape index (κ1) is 40.6. The summed E-state index contributed by atoms with van der Waals surface area (Å²) >= 11 is 0. The summed E-state index contributed by atoms with van der Waals surface area (Å²) in [6.45, 7) is 0. The van der Waals surface area contributed by atoms with Crippen LogP contribution in [-0.2, 0) is 5.41 Å². The number of fused-ring (bicyclic) bond motifs is 9. The summed E-state index contributed by atoms with van der Waals surface area (Å²) in [5, 5.41) is 9.54. The zero-order valence-corrected chi connectivity index (χ0v) is 37.3. The Bertz CT molecular complexity index is 3520. The zero-order valence-electron chi connectivity index (χ0n) is 37.3. The van der Waals surface area contributed by atoms with Crippen LogP contribution in [0.25, 0.3) is 50.2 Å². The molecule has 10 aromatic carbocycles. The molecule has 1 spiro atoms. The number of nitrogens with one attached hydrogen (secondary N) is 1. The number of hydrogen-bond acceptors (Lipinski definition) is 3. The van der Waals surface area contributed by atoms with Crippen molar-refractivity contribution < 1.29 is 0 Å². The third-order valence-corrected chi connectivity index (χ3v) is 13.6. The minimum absolute atomic E-state index is 0.382. The standard InChI is InChI=1S/C65H45N3/c66-61(43-62(67-44-45-19-4-1-5-20-45)48-37-35-47(36-38-48)46-21-6-2-7-22-46)51-24-18-23-49(41-51)53-27-10-11-28-54(53)50-39-40-56-55-29-12-13-30-57(55)65(60(56)42-50)58-31-14-16-33-63(58)68(52-25-8-3-9-26-52)64-34-17-15-32-59(64)65/h1-44,66H/b62-43-,66-61?,67-44?. The molecule has 0 amide bonds. The highest BCUT2D eigenvalue weighted by Crippen LogP contribution is 2.63. The van der Waals surface area contributed by atoms with Crippen LogP contribution in [0.3, 0.4) is 0 Å². The van der Waals surface area contributed by atoms with Crippen molar-refractivity contribution in [3.63, 3.8) is 0 Å². The van der Waals surface area contributed by atoms with Gasteiger partial charge in [0.2, 0.25) is 0 Å². The average Bonchev–Trinajstić information content (AvgIpc) is 3.70. The molecule has 2 aliphatic rings. The van der Waals surface area contributed by atoms with Crippen molar-refractivity contribution in [1.82, 2.24) is 0 Å². The number of anilines is 3. The van der Waals surface area contributed by atoms with E-state index in [4.69, 9.17) is 4.99 Å². The van der Waals surface area contributed by atoms with Crippen LogP contribution in [0.2, 0.25) is 0 Å². The molecule has 0 bridgehead atoms. The molecule has 1 N–H and O–H groups in total. The molecule has 0 saturated heterocycles. The highest BCUT2D eigenvalue weighted by Gasteiger charge is 2.51. The first-order chi connectivity index (χ1) is 33.6. The Morgan fingerprint density at radius 3 is 1.56 bits per heavy atom. The number of aliphatic imine (C=N–C) groups is 1. The van der Waals surface area contributed by atoms with Crippen molar-refractivity contribution >= 4 is 34.7 Å². The highest BCUT2D eigenvalue weighted by atomic mass is 15.2. The largest absolute Gasteiger partial charge is 0.310 e. The van der Waals surface area contributed by atoms with E-state index in [0.717, 1.165) is 61.5 Å². The molecule has 10 aromatic rings. The van der Waals surface area contributed by atoms with Crippen molar-refractivity contribution in [2.24, 2.45) is 4.99 Å². The Morgan fingerprint density at radius 2 is 0.882 bits per heavy atom. The minimum Gasteiger partial charge on any atom is -0.310 e. The molecule has 3 nitrogen and oxygen atoms in total. The summed E-state index contributed by atoms with van der Waals surface area (Å²) in [5.74, 6) is 0. The number of para-hydroxylation sites is 3. The van der Waals surface area contributed by atoms with Gasteiger partial charge in [0, 0.05) is 23.0 Å². The van der Waals surface area contributed by atoms with E-state index in [2.05, 4.69) is 217 Å². The Balaban J connectivity index is 0.956. The first-order valence-corrected chi connectivity index (χ1v) is 23.2. The number of rotatable bonds is 9. The lowest BCUT2D eigenvalue weighted by Gasteiger charge is -2.45. The monoisotopic (exact) mass is 867 g/mol. The van der Waals surface area contributed by atoms with Gasteiger partial charge in [0.25, 0.3) is 0 Å². The normalized spacial score (nSPS) is 13.2. The molecule has 320 valence electrons. The number of hydrogen-bond donors (Lipinski definition) is 1. The van der Waals surface area contributed by atoms with E-state index in [9.17, 15) is 5.41 Å². The Morgan fingerprint density at radius 1 is 0.382 bits per heavy atom. The quantitative estimate of drug-likeness (QED) is 0.144. The minimum atomic E-state index is -0.556. The maximum absolute atomic E-state index is 9.54. The number of allylic oxidation sites excluding steroid dienone is 1. The third-order valence-electron chi connectivity index (χ3n) is 13.6. The van der Waals surface area contributed by atoms with Crippen LogP contribution in [0, 0.1) is 5.41 Å². The molecule has 3 heteroatoms. The third kappa shape index (κ3) is 6.92. The Kier molecular flexibility index (Phi) is 10.2. The molecule has 0 saturated carbocycles. The SMILES string of the molecule is N=C(/C=C(\N=Cc1ccccc1)c1ccc(-c2ccccc2)cc1)c1cccc(-c2ccccc2-c2ccc3c(c2)C2(c4ccccc4-3)c3ccccc3N(c3ccccc3)c3ccccc32)c1. The Labute approximate surface area is 397 Å². The van der Waals surface area contributed by atoms with E-state index < -0.39 is 5.41 Å². The maximum Gasteiger partial charge on any atom is 0.0754 e. The van der Waals surface area contributed by atoms with Gasteiger partial charge in [-0.25, -0.2) is 0 Å². The topological polar surface area (TPSA) is 39.5 Å². The van der Waals surface area contributed by atoms with Gasteiger partial charge >= 0.3 is 0 Å². The fourth-order valence-corrected chi connectivity index (χ4v) is 10.5. The van der Waals surface area contributed by atoms with Crippen molar-refractivity contribution in [2.45, 2.75) is 5.41 Å². The molecular weight excluding hydrogens is 823 g/mol. The van der Waals surface area contributed by atoms with Gasteiger partial charge in [-0.2, -0.15) is 0 Å². The average molecular weight is 868 g/mol. The van der Waals surface area contributed by atoms with Gasteiger partial charge in [0.15, 0.2) is 0 Å². The summed E-state index contributed by atoms with van der Waals surface area (Å²) in [5.41, 5.74) is 21.1. The lowest BCUT2D eigenvalue weighted by molar-refractivity contribution is 0.753. The molecule has 68 heavy (non-hydrogen) atoms. The predicted molar refractivity (Wildman–Crippen MR) is 284 cm³/mol. The van der Waals surface area contributed by atoms with Gasteiger partial charge in [-0.1, -0.05) is 218 Å². The maximum atomic E-state index is 9.54. The fraction of sp³-hybridized carbons (Fsp3) is 0.0154. The number of benzene rings is 10. The van der Waals surface area contributed by atoms with Crippen molar-refractivity contribution in [2.75, 3.05) is 4.90 Å². The van der Waals surface area contributed by atoms with E-state index in [0.29, 0.717) is 5.71 Å². The van der Waals surface area contributed by atoms with E-state index in [-0.39, 0.29) is 0 Å². The lowest BCUT2D eigenvalue weighted by atomic mass is 9.64. The Hall–Kier alpha value is -8.92. The molecular formula is C65H45N3. The van der Waals surface area contributed by atoms with Crippen LogP contribution in [0.4, 0.5) is 17.1 Å². The second-order valence-corrected chi connectivity index (χ2v) is 17.4. The van der Waals surface area contributed by atoms with Crippen LogP contribution in [-0.4, -0.2) is 11.9 Å². The molecule has 0 fully saturated rings. The van der Waals surface area contributed by atoms with E-state index in [1.807, 2.05) is 54.8 Å². The lowest BCUT2D eigenvalue weighted by Crippen LogP contribution is -2.36. The second-order valence-electron chi connectivity index (χ2n) is 17.4. The predicted octanol–water partition coefficient (Wildman–Crippen LogP) is 16.4. The van der Waals surface area contributed by atoms with Gasteiger partial charge in [-0.15, -0.1) is 0 Å². The van der Waals surface area contributed by atoms with Crippen LogP contribution < -0.4 is 4.90 Å². The molecule has 1 aliphatic heterocycles. The zero-order chi connectivity index (χ0) is 45.4. The molecule has 0 atom stereocenters. The molecule has 0 unspecified atom stereocenters. The summed E-state index contributed by atoms with van der Waals surface area (Å²) in [6.07, 6.45) is 3.76. The summed E-state index contributed by atoms with van der Waals surface area (Å²) in [4.78, 5) is 7.41. The summed E-state index contributed by atoms with van der Waals surface area (Å²) in [6, 6.07) is 90.8. The van der Waals surface area contributed by atoms with Gasteiger partial charge in [0.05, 0.1) is 28.2 Å². The molecule has 1 aliphatic carbocycles. The van der Waals surface area contributed by atoms with E-state index in [1.165, 1.54) is 44.8 Å². The van der Waals surface area contributed by atoms with Gasteiger partial charge < -0.3 is 10.3 Å². The summed E-state index contributed by atoms with van der Waals surface area (Å²) < 4.78 is 0. The van der Waals surface area contributed by atoms with Crippen molar-refractivity contribution in [1.29, 1.82) is 5.41 Å². The van der Waals surface area contributed by atoms with Gasteiger partial charge in [-0.05, 0) is 115 Å². The van der Waals surface area contributed by atoms with Crippen molar-refractivity contribution in [3.8, 4) is 44.5 Å². The molecule has 1 heterocycles. The van der Waals surface area contributed by atoms with E-state index >= 15 is 0 Å². The van der Waals surface area contributed by atoms with Crippen LogP contribution in [0.5, 0.6) is 0 Å². The molecule has 0 aromatic heterocycles. The van der Waals surface area contributed by atoms with E-state index in [1.54, 1.807) is 0 Å². The number of nitrogens with zero attached hydrogens (tertiary/aromatic N) is 2. The second kappa shape index (κ2) is 17.1. The smallest absolute Gasteiger partial charge is 0.0754 e. The van der Waals surface area contributed by atoms with Crippen molar-refractivity contribution in [3.05, 3.63) is 300 Å². The molecule has 0 radical (unpaired) electrons. The van der Waals surface area contributed by atoms with Crippen LogP contribution in [0.15, 0.2) is 266 Å². The van der Waals surface area contributed by atoms with Gasteiger partial charge in [-0.3, -0.25) is 4.99 Å². The van der Waals surface area contributed by atoms with Crippen LogP contribution >= 0.6 is 0 Å². The first-order valence-electron chi connectivity index (χ1n) is 23.2. The highest BCUT2D eigenvalue weighted by molar-refractivity contribution is 6.11. The van der Waals surface area contributed by atoms with Crippen LogP contribution in [0.1, 0.15) is 38.9 Å². The summed E-state index contributed by atoms with van der Waals surface area (Å²) in [7, 11) is 0. The fourth-order valence-electron chi connectivity index (χ4n) is 10.5.